The Morgan fingerprint density at radius 2 is 1.94 bits per heavy atom. The molecule has 0 radical (unpaired) electrons. The fraction of sp³-hybridized carbons (Fsp3) is 0.0870. The van der Waals surface area contributed by atoms with Crippen molar-refractivity contribution in [2.24, 2.45) is 4.99 Å². The Bertz CT molecular complexity index is 1250. The lowest BCUT2D eigenvalue weighted by molar-refractivity contribution is -0.115. The number of nitrogens with zero attached hydrogens (tertiary/aromatic N) is 1. The van der Waals surface area contributed by atoms with Crippen molar-refractivity contribution >= 4 is 63.8 Å². The van der Waals surface area contributed by atoms with Crippen LogP contribution in [-0.2, 0) is 9.53 Å². The Labute approximate surface area is 198 Å². The molecule has 6 nitrogen and oxygen atoms in total. The number of amidine groups is 1. The highest BCUT2D eigenvalue weighted by atomic mass is 35.5. The molecule has 0 atom stereocenters. The van der Waals surface area contributed by atoms with Crippen molar-refractivity contribution in [3.8, 4) is 11.3 Å². The van der Waals surface area contributed by atoms with Crippen LogP contribution < -0.4 is 5.32 Å². The van der Waals surface area contributed by atoms with Crippen molar-refractivity contribution in [3.05, 3.63) is 80.9 Å². The van der Waals surface area contributed by atoms with Crippen LogP contribution in [0.5, 0.6) is 0 Å². The van der Waals surface area contributed by atoms with Gasteiger partial charge in [-0.15, -0.1) is 0 Å². The van der Waals surface area contributed by atoms with E-state index in [1.807, 2.05) is 0 Å². The second-order valence-corrected chi connectivity index (χ2v) is 8.37. The van der Waals surface area contributed by atoms with E-state index in [0.29, 0.717) is 49.5 Å². The summed E-state index contributed by atoms with van der Waals surface area (Å²) >= 11 is 13.3. The van der Waals surface area contributed by atoms with E-state index in [1.165, 1.54) is 11.8 Å². The molecule has 1 N–H and O–H groups in total. The predicted molar refractivity (Wildman–Crippen MR) is 127 cm³/mol. The van der Waals surface area contributed by atoms with Crippen molar-refractivity contribution < 1.29 is 18.7 Å². The van der Waals surface area contributed by atoms with Gasteiger partial charge in [-0.05, 0) is 55.1 Å². The van der Waals surface area contributed by atoms with Gasteiger partial charge in [0, 0.05) is 11.6 Å². The Hall–Kier alpha value is -3.00. The van der Waals surface area contributed by atoms with Crippen molar-refractivity contribution in [3.63, 3.8) is 0 Å². The fourth-order valence-electron chi connectivity index (χ4n) is 2.87. The first-order valence-corrected chi connectivity index (χ1v) is 11.1. The molecule has 0 unspecified atom stereocenters. The molecule has 9 heteroatoms. The van der Waals surface area contributed by atoms with E-state index in [1.54, 1.807) is 67.6 Å². The highest BCUT2D eigenvalue weighted by Gasteiger charge is 2.24. The number of thioether (sulfide) groups is 1. The van der Waals surface area contributed by atoms with E-state index in [4.69, 9.17) is 32.4 Å². The standard InChI is InChI=1S/C23H16Cl2N2O4S/c1-2-30-22(29)14-8-6-13(7-9-14)18-11-10-15(31-18)12-19-21(28)27-23(32-19)26-17-5-3-4-16(24)20(17)25/h3-12H,2H2,1H3,(H,26,27,28)/b19-12+. The number of halogens is 2. The van der Waals surface area contributed by atoms with Crippen LogP contribution in [-0.4, -0.2) is 23.7 Å². The average molecular weight is 487 g/mol. The molecule has 0 bridgehead atoms. The zero-order valence-electron chi connectivity index (χ0n) is 16.7. The minimum Gasteiger partial charge on any atom is -0.462 e. The lowest BCUT2D eigenvalue weighted by Gasteiger charge is -2.02. The second-order valence-electron chi connectivity index (χ2n) is 6.55. The molecule has 2 heterocycles. The number of aliphatic imine (C=N–C) groups is 1. The molecule has 4 rings (SSSR count). The van der Waals surface area contributed by atoms with Crippen LogP contribution in [0.3, 0.4) is 0 Å². The first kappa shape index (κ1) is 22.2. The summed E-state index contributed by atoms with van der Waals surface area (Å²) in [6, 6.07) is 15.6. The van der Waals surface area contributed by atoms with Gasteiger partial charge in [-0.2, -0.15) is 0 Å². The Balaban J connectivity index is 1.50. The summed E-state index contributed by atoms with van der Waals surface area (Å²) in [6.45, 7) is 2.08. The molecule has 0 saturated carbocycles. The van der Waals surface area contributed by atoms with Gasteiger partial charge in [-0.3, -0.25) is 4.79 Å². The molecule has 1 aromatic heterocycles. The van der Waals surface area contributed by atoms with Crippen LogP contribution in [0.4, 0.5) is 5.69 Å². The Morgan fingerprint density at radius 1 is 1.16 bits per heavy atom. The Morgan fingerprint density at radius 3 is 2.69 bits per heavy atom. The average Bonchev–Trinajstić information content (AvgIpc) is 3.38. The van der Waals surface area contributed by atoms with Gasteiger partial charge >= 0.3 is 5.97 Å². The molecule has 162 valence electrons. The van der Waals surface area contributed by atoms with Crippen LogP contribution in [0.1, 0.15) is 23.0 Å². The number of nitrogens with one attached hydrogen (secondary N) is 1. The van der Waals surface area contributed by atoms with Crippen molar-refractivity contribution in [1.29, 1.82) is 0 Å². The summed E-state index contributed by atoms with van der Waals surface area (Å²) in [4.78, 5) is 28.9. The van der Waals surface area contributed by atoms with Gasteiger partial charge in [0.25, 0.3) is 5.91 Å². The lowest BCUT2D eigenvalue weighted by atomic mass is 10.1. The van der Waals surface area contributed by atoms with Gasteiger partial charge in [0.1, 0.15) is 11.5 Å². The number of esters is 1. The van der Waals surface area contributed by atoms with Crippen molar-refractivity contribution in [2.75, 3.05) is 6.61 Å². The minimum absolute atomic E-state index is 0.288. The molecule has 0 spiro atoms. The number of hydrogen-bond donors (Lipinski definition) is 1. The maximum absolute atomic E-state index is 12.3. The summed E-state index contributed by atoms with van der Waals surface area (Å²) < 4.78 is 10.8. The summed E-state index contributed by atoms with van der Waals surface area (Å²) in [5.74, 6) is 0.456. The highest BCUT2D eigenvalue weighted by molar-refractivity contribution is 8.18. The van der Waals surface area contributed by atoms with E-state index >= 15 is 0 Å². The molecule has 0 aliphatic carbocycles. The van der Waals surface area contributed by atoms with Crippen LogP contribution in [0.2, 0.25) is 10.0 Å². The molecule has 3 aromatic rings. The summed E-state index contributed by atoms with van der Waals surface area (Å²) in [5, 5.41) is 3.80. The highest BCUT2D eigenvalue weighted by Crippen LogP contribution is 2.35. The third-order valence-electron chi connectivity index (χ3n) is 4.38. The minimum atomic E-state index is -0.371. The second kappa shape index (κ2) is 9.65. The van der Waals surface area contributed by atoms with E-state index in [0.717, 1.165) is 5.56 Å². The van der Waals surface area contributed by atoms with E-state index in [9.17, 15) is 9.59 Å². The topological polar surface area (TPSA) is 80.9 Å². The maximum Gasteiger partial charge on any atom is 0.338 e. The summed E-state index contributed by atoms with van der Waals surface area (Å²) in [5.41, 5.74) is 1.73. The first-order chi connectivity index (χ1) is 15.4. The van der Waals surface area contributed by atoms with Crippen LogP contribution >= 0.6 is 35.0 Å². The number of furan rings is 1. The number of benzene rings is 2. The summed E-state index contributed by atoms with van der Waals surface area (Å²) in [6.07, 6.45) is 1.64. The number of rotatable bonds is 5. The normalized spacial score (nSPS) is 15.9. The van der Waals surface area contributed by atoms with Gasteiger partial charge in [0.2, 0.25) is 0 Å². The third-order valence-corrected chi connectivity index (χ3v) is 6.10. The molecule has 1 aliphatic rings. The van der Waals surface area contributed by atoms with E-state index < -0.39 is 0 Å². The molecule has 1 saturated heterocycles. The largest absolute Gasteiger partial charge is 0.462 e. The van der Waals surface area contributed by atoms with Crippen LogP contribution in [0.25, 0.3) is 17.4 Å². The maximum atomic E-state index is 12.3. The van der Waals surface area contributed by atoms with Gasteiger partial charge in [0.15, 0.2) is 5.17 Å². The number of hydrogen-bond acceptors (Lipinski definition) is 6. The fourth-order valence-corrected chi connectivity index (χ4v) is 4.02. The first-order valence-electron chi connectivity index (χ1n) is 9.55. The van der Waals surface area contributed by atoms with Gasteiger partial charge in [0.05, 0.1) is 32.8 Å². The monoisotopic (exact) mass is 486 g/mol. The Kier molecular flexibility index (Phi) is 6.69. The molecule has 2 aromatic carbocycles. The third kappa shape index (κ3) is 4.91. The number of carbonyl (C=O) groups excluding carboxylic acids is 2. The zero-order valence-corrected chi connectivity index (χ0v) is 19.1. The molecule has 1 aliphatic heterocycles. The quantitative estimate of drug-likeness (QED) is 0.337. The number of amides is 1. The number of ether oxygens (including phenoxy) is 1. The van der Waals surface area contributed by atoms with Gasteiger partial charge < -0.3 is 14.5 Å². The number of carbonyl (C=O) groups is 2. The van der Waals surface area contributed by atoms with Gasteiger partial charge in [-0.1, -0.05) is 41.4 Å². The summed E-state index contributed by atoms with van der Waals surface area (Å²) in [7, 11) is 0. The lowest BCUT2D eigenvalue weighted by Crippen LogP contribution is -2.19. The SMILES string of the molecule is CCOC(=O)c1ccc(-c2ccc(/C=C3/SC(=Nc4cccc(Cl)c4Cl)NC3=O)o2)cc1. The van der Waals surface area contributed by atoms with Crippen molar-refractivity contribution in [1.82, 2.24) is 5.32 Å². The zero-order chi connectivity index (χ0) is 22.7. The van der Waals surface area contributed by atoms with Crippen LogP contribution in [0.15, 0.2) is 68.9 Å². The molecule has 1 fully saturated rings. The van der Waals surface area contributed by atoms with Crippen LogP contribution in [0, 0.1) is 0 Å². The molecular weight excluding hydrogens is 471 g/mol. The smallest absolute Gasteiger partial charge is 0.338 e. The molecular formula is C23H16Cl2N2O4S. The van der Waals surface area contributed by atoms with Gasteiger partial charge in [-0.25, -0.2) is 9.79 Å². The van der Waals surface area contributed by atoms with E-state index in [-0.39, 0.29) is 11.9 Å². The van der Waals surface area contributed by atoms with E-state index in [2.05, 4.69) is 10.3 Å². The van der Waals surface area contributed by atoms with Crippen molar-refractivity contribution in [2.45, 2.75) is 6.92 Å². The molecule has 32 heavy (non-hydrogen) atoms. The predicted octanol–water partition coefficient (Wildman–Crippen LogP) is 6.32. The molecule has 1 amide bonds.